The molecule has 1 unspecified atom stereocenters. The van der Waals surface area contributed by atoms with E-state index in [1.165, 1.54) is 13.3 Å². The average molecular weight is 472 g/mol. The highest BCUT2D eigenvalue weighted by Gasteiger charge is 2.32. The van der Waals surface area contributed by atoms with E-state index in [0.29, 0.717) is 22.9 Å². The first-order chi connectivity index (χ1) is 16.3. The Morgan fingerprint density at radius 3 is 2.50 bits per heavy atom. The molecule has 34 heavy (non-hydrogen) atoms. The molecule has 1 saturated carbocycles. The fraction of sp³-hybridized carbons (Fsp3) is 0.423. The second-order valence-corrected chi connectivity index (χ2v) is 8.82. The molecule has 0 bridgehead atoms. The number of ether oxygens (including phenoxy) is 1. The molecule has 1 aromatic carbocycles. The molecule has 8 heteroatoms. The maximum Gasteiger partial charge on any atom is 0.416 e. The van der Waals surface area contributed by atoms with Crippen molar-refractivity contribution in [3.05, 3.63) is 65.5 Å². The van der Waals surface area contributed by atoms with Gasteiger partial charge in [-0.25, -0.2) is 4.98 Å². The molecular formula is C26H28F3N3O2. The number of methoxy groups -OCH3 is 1. The first-order valence-electron chi connectivity index (χ1n) is 11.6. The van der Waals surface area contributed by atoms with Crippen LogP contribution >= 0.6 is 0 Å². The van der Waals surface area contributed by atoms with Crippen molar-refractivity contribution >= 4 is 16.8 Å². The molecule has 1 fully saturated rings. The lowest BCUT2D eigenvalue weighted by atomic mass is 9.75. The molecule has 0 spiro atoms. The van der Waals surface area contributed by atoms with Crippen molar-refractivity contribution in [2.45, 2.75) is 57.2 Å². The number of hydrogen-bond acceptors (Lipinski definition) is 4. The van der Waals surface area contributed by atoms with Crippen LogP contribution in [-0.2, 0) is 6.18 Å². The van der Waals surface area contributed by atoms with E-state index in [-0.39, 0.29) is 17.9 Å². The molecular weight excluding hydrogens is 443 g/mol. The zero-order chi connectivity index (χ0) is 24.3. The number of nitrogens with zero attached hydrogens (tertiary/aromatic N) is 2. The number of carbonyl (C=O) groups is 1. The number of amides is 1. The Hall–Kier alpha value is -3.16. The number of hydrogen-bond donors (Lipinski definition) is 1. The van der Waals surface area contributed by atoms with Crippen molar-refractivity contribution in [2.75, 3.05) is 7.11 Å². The van der Waals surface area contributed by atoms with Crippen LogP contribution in [0.4, 0.5) is 13.2 Å². The van der Waals surface area contributed by atoms with Gasteiger partial charge in [0.15, 0.2) is 0 Å². The lowest BCUT2D eigenvalue weighted by Gasteiger charge is -2.34. The summed E-state index contributed by atoms with van der Waals surface area (Å²) in [4.78, 5) is 21.0. The molecule has 2 heterocycles. The van der Waals surface area contributed by atoms with Crippen molar-refractivity contribution < 1.29 is 22.7 Å². The summed E-state index contributed by atoms with van der Waals surface area (Å²) in [7, 11) is 1.53. The van der Waals surface area contributed by atoms with Crippen molar-refractivity contribution in [3.63, 3.8) is 0 Å². The number of carbonyl (C=O) groups excluding carboxylic acids is 1. The summed E-state index contributed by atoms with van der Waals surface area (Å²) in [6.07, 6.45) is 3.26. The molecule has 1 N–H and O–H groups in total. The summed E-state index contributed by atoms with van der Waals surface area (Å²) >= 11 is 0. The summed E-state index contributed by atoms with van der Waals surface area (Å²) in [6.45, 7) is 2.07. The summed E-state index contributed by atoms with van der Waals surface area (Å²) in [6, 6.07) is 9.15. The normalized spacial score (nSPS) is 19.6. The van der Waals surface area contributed by atoms with Crippen LogP contribution in [0.25, 0.3) is 10.9 Å². The van der Waals surface area contributed by atoms with Crippen molar-refractivity contribution in [2.24, 2.45) is 5.92 Å². The first-order valence-corrected chi connectivity index (χ1v) is 11.6. The molecule has 180 valence electrons. The highest BCUT2D eigenvalue weighted by atomic mass is 19.4. The lowest BCUT2D eigenvalue weighted by Crippen LogP contribution is -2.41. The minimum Gasteiger partial charge on any atom is -0.481 e. The third kappa shape index (κ3) is 5.16. The third-order valence-corrected chi connectivity index (χ3v) is 6.85. The van der Waals surface area contributed by atoms with Gasteiger partial charge in [-0.3, -0.25) is 9.78 Å². The van der Waals surface area contributed by atoms with Gasteiger partial charge in [0.2, 0.25) is 5.88 Å². The highest BCUT2D eigenvalue weighted by molar-refractivity contribution is 5.94. The Labute approximate surface area is 196 Å². The summed E-state index contributed by atoms with van der Waals surface area (Å²) < 4.78 is 44.3. The van der Waals surface area contributed by atoms with Crippen LogP contribution in [0, 0.1) is 5.92 Å². The van der Waals surface area contributed by atoms with E-state index < -0.39 is 11.7 Å². The molecule has 0 saturated heterocycles. The monoisotopic (exact) mass is 471 g/mol. The van der Waals surface area contributed by atoms with Crippen LogP contribution in [0.3, 0.4) is 0 Å². The van der Waals surface area contributed by atoms with Crippen molar-refractivity contribution in [1.82, 2.24) is 15.3 Å². The van der Waals surface area contributed by atoms with Gasteiger partial charge in [0.1, 0.15) is 0 Å². The molecule has 1 aliphatic carbocycles. The average Bonchev–Trinajstić information content (AvgIpc) is 2.86. The zero-order valence-corrected chi connectivity index (χ0v) is 19.2. The van der Waals surface area contributed by atoms with E-state index in [1.54, 1.807) is 24.4 Å². The molecule has 2 aromatic heterocycles. The number of aromatic nitrogens is 2. The van der Waals surface area contributed by atoms with Crippen LogP contribution in [-0.4, -0.2) is 29.0 Å². The minimum atomic E-state index is -4.38. The highest BCUT2D eigenvalue weighted by Crippen LogP contribution is 2.40. The van der Waals surface area contributed by atoms with Gasteiger partial charge in [0.25, 0.3) is 5.91 Å². The van der Waals surface area contributed by atoms with Gasteiger partial charge >= 0.3 is 6.18 Å². The number of pyridine rings is 2. The third-order valence-electron chi connectivity index (χ3n) is 6.85. The van der Waals surface area contributed by atoms with E-state index in [2.05, 4.69) is 22.2 Å². The Balaban J connectivity index is 1.42. The van der Waals surface area contributed by atoms with Crippen molar-refractivity contribution in [3.8, 4) is 5.88 Å². The van der Waals surface area contributed by atoms with E-state index >= 15 is 0 Å². The van der Waals surface area contributed by atoms with E-state index in [0.717, 1.165) is 55.2 Å². The van der Waals surface area contributed by atoms with Gasteiger partial charge in [0.05, 0.1) is 23.8 Å². The first kappa shape index (κ1) is 24.0. The zero-order valence-electron chi connectivity index (χ0n) is 19.2. The summed E-state index contributed by atoms with van der Waals surface area (Å²) in [5.74, 6) is 0.920. The van der Waals surface area contributed by atoms with Gasteiger partial charge in [-0.2, -0.15) is 13.2 Å². The Morgan fingerprint density at radius 2 is 1.88 bits per heavy atom. The molecule has 0 aliphatic heterocycles. The minimum absolute atomic E-state index is 0.0547. The summed E-state index contributed by atoms with van der Waals surface area (Å²) in [5, 5.41) is 3.94. The van der Waals surface area contributed by atoms with Crippen LogP contribution in [0.5, 0.6) is 5.88 Å². The number of halogens is 3. The molecule has 3 aromatic rings. The van der Waals surface area contributed by atoms with Crippen LogP contribution in [0.15, 0.2) is 48.8 Å². The van der Waals surface area contributed by atoms with E-state index in [4.69, 9.17) is 4.74 Å². The van der Waals surface area contributed by atoms with Crippen LogP contribution in [0.1, 0.15) is 66.4 Å². The van der Waals surface area contributed by atoms with Gasteiger partial charge in [-0.1, -0.05) is 13.0 Å². The largest absolute Gasteiger partial charge is 0.481 e. The van der Waals surface area contributed by atoms with Crippen molar-refractivity contribution in [1.29, 1.82) is 0 Å². The predicted octanol–water partition coefficient (Wildman–Crippen LogP) is 6.14. The Morgan fingerprint density at radius 1 is 1.12 bits per heavy atom. The number of rotatable bonds is 6. The Bertz CT molecular complexity index is 1140. The van der Waals surface area contributed by atoms with E-state index in [1.807, 2.05) is 6.07 Å². The predicted molar refractivity (Wildman–Crippen MR) is 124 cm³/mol. The quantitative estimate of drug-likeness (QED) is 0.469. The number of fused-ring (bicyclic) bond motifs is 1. The molecule has 1 aliphatic rings. The summed E-state index contributed by atoms with van der Waals surface area (Å²) in [5.41, 5.74) is 1.25. The molecule has 4 rings (SSSR count). The standard InChI is InChI=1S/C26H28F3N3O2/c1-3-22(32-25(33)18-8-11-24(34-2)31-15-18)17-6-4-16(5-7-17)20-12-13-30-23-14-19(26(27,28)29)9-10-21(20)23/h8-17,22H,3-7H2,1-2H3,(H,32,33). The SMILES string of the molecule is CCC(NC(=O)c1ccc(OC)nc1)C1CCC(c2ccnc3cc(C(F)(F)F)ccc23)CC1. The fourth-order valence-corrected chi connectivity index (χ4v) is 4.98. The molecule has 1 amide bonds. The van der Waals surface area contributed by atoms with Crippen LogP contribution in [0.2, 0.25) is 0 Å². The lowest BCUT2D eigenvalue weighted by molar-refractivity contribution is -0.137. The molecule has 5 nitrogen and oxygen atoms in total. The second-order valence-electron chi connectivity index (χ2n) is 8.82. The van der Waals surface area contributed by atoms with Gasteiger partial charge in [-0.05, 0) is 73.8 Å². The fourth-order valence-electron chi connectivity index (χ4n) is 4.98. The molecule has 0 radical (unpaired) electrons. The smallest absolute Gasteiger partial charge is 0.416 e. The van der Waals surface area contributed by atoms with E-state index in [9.17, 15) is 18.0 Å². The van der Waals surface area contributed by atoms with Gasteiger partial charge < -0.3 is 10.1 Å². The maximum absolute atomic E-state index is 13.1. The topological polar surface area (TPSA) is 64.1 Å². The number of alkyl halides is 3. The Kier molecular flexibility index (Phi) is 7.05. The van der Waals surface area contributed by atoms with Gasteiger partial charge in [0, 0.05) is 29.9 Å². The number of nitrogens with one attached hydrogen (secondary N) is 1. The molecule has 1 atom stereocenters. The number of benzene rings is 1. The van der Waals surface area contributed by atoms with Crippen LogP contribution < -0.4 is 10.1 Å². The van der Waals surface area contributed by atoms with Gasteiger partial charge in [-0.15, -0.1) is 0 Å². The second kappa shape index (κ2) is 9.99. The maximum atomic E-state index is 13.1.